The van der Waals surface area contributed by atoms with Crippen LogP contribution >= 0.6 is 11.8 Å². The maximum Gasteiger partial charge on any atom is 0.316 e. The molecule has 0 saturated heterocycles. The number of aliphatic carboxylic acids is 1. The minimum absolute atomic E-state index is 0.315. The number of thioether (sulfide) groups is 1. The van der Waals surface area contributed by atoms with E-state index in [-0.39, 0.29) is 5.25 Å². The minimum atomic E-state index is -0.745. The van der Waals surface area contributed by atoms with E-state index in [1.54, 1.807) is 0 Å². The second-order valence-electron chi connectivity index (χ2n) is 3.93. The fraction of sp³-hybridized carbons (Fsp3) is 0.462. The van der Waals surface area contributed by atoms with E-state index in [2.05, 4.69) is 12.2 Å². The first kappa shape index (κ1) is 14.1. The molecule has 0 heterocycles. The van der Waals surface area contributed by atoms with Gasteiger partial charge in [0.1, 0.15) is 5.25 Å². The molecule has 4 heteroatoms. The standard InChI is InChI=1S/C13H19NO2S/c1-4-12(13(15)16)17-11-7-5-10(6-8-11)9(2)14-3/h5-9,12,14H,4H2,1-3H3,(H,15,16). The van der Waals surface area contributed by atoms with Gasteiger partial charge in [0.25, 0.3) is 0 Å². The fourth-order valence-corrected chi connectivity index (χ4v) is 2.36. The first-order valence-electron chi connectivity index (χ1n) is 5.75. The van der Waals surface area contributed by atoms with Gasteiger partial charge in [0.05, 0.1) is 0 Å². The highest BCUT2D eigenvalue weighted by atomic mass is 32.2. The average Bonchev–Trinajstić information content (AvgIpc) is 2.35. The van der Waals surface area contributed by atoms with Gasteiger partial charge in [-0.15, -0.1) is 11.8 Å². The molecule has 0 spiro atoms. The van der Waals surface area contributed by atoms with E-state index in [9.17, 15) is 4.79 Å². The molecule has 2 unspecified atom stereocenters. The molecule has 1 aromatic rings. The normalized spacial score (nSPS) is 14.3. The van der Waals surface area contributed by atoms with E-state index >= 15 is 0 Å². The van der Waals surface area contributed by atoms with Crippen LogP contribution < -0.4 is 5.32 Å². The molecule has 0 amide bonds. The molecule has 94 valence electrons. The fourth-order valence-electron chi connectivity index (χ4n) is 1.47. The number of rotatable bonds is 6. The van der Waals surface area contributed by atoms with Crippen LogP contribution in [0, 0.1) is 0 Å². The number of hydrogen-bond acceptors (Lipinski definition) is 3. The Labute approximate surface area is 107 Å². The van der Waals surface area contributed by atoms with E-state index in [1.165, 1.54) is 17.3 Å². The summed E-state index contributed by atoms with van der Waals surface area (Å²) in [6.07, 6.45) is 0.634. The Balaban J connectivity index is 2.71. The maximum atomic E-state index is 10.9. The van der Waals surface area contributed by atoms with Crippen molar-refractivity contribution in [2.45, 2.75) is 36.5 Å². The first-order chi connectivity index (χ1) is 8.08. The Hall–Kier alpha value is -1.00. The molecule has 2 N–H and O–H groups in total. The lowest BCUT2D eigenvalue weighted by Crippen LogP contribution is -2.14. The largest absolute Gasteiger partial charge is 0.480 e. The third-order valence-corrected chi connectivity index (χ3v) is 4.10. The van der Waals surface area contributed by atoms with Gasteiger partial charge < -0.3 is 10.4 Å². The van der Waals surface area contributed by atoms with Gasteiger partial charge in [-0.1, -0.05) is 19.1 Å². The van der Waals surface area contributed by atoms with E-state index < -0.39 is 5.97 Å². The molecule has 3 nitrogen and oxygen atoms in total. The zero-order valence-corrected chi connectivity index (χ0v) is 11.3. The molecule has 1 aromatic carbocycles. The molecule has 0 bridgehead atoms. The zero-order valence-electron chi connectivity index (χ0n) is 10.4. The highest BCUT2D eigenvalue weighted by molar-refractivity contribution is 8.00. The van der Waals surface area contributed by atoms with Gasteiger partial charge in [-0.2, -0.15) is 0 Å². The summed E-state index contributed by atoms with van der Waals surface area (Å²) in [5.74, 6) is -0.745. The highest BCUT2D eigenvalue weighted by Gasteiger charge is 2.16. The second kappa shape index (κ2) is 6.67. The predicted octanol–water partition coefficient (Wildman–Crippen LogP) is 2.92. The number of nitrogens with one attached hydrogen (secondary N) is 1. The van der Waals surface area contributed by atoms with Crippen molar-refractivity contribution < 1.29 is 9.90 Å². The Morgan fingerprint density at radius 3 is 2.41 bits per heavy atom. The Morgan fingerprint density at radius 1 is 1.41 bits per heavy atom. The third kappa shape index (κ3) is 4.06. The first-order valence-corrected chi connectivity index (χ1v) is 6.63. The van der Waals surface area contributed by atoms with E-state index in [4.69, 9.17) is 5.11 Å². The van der Waals surface area contributed by atoms with Crippen LogP contribution in [0.4, 0.5) is 0 Å². The van der Waals surface area contributed by atoms with Gasteiger partial charge in [0.2, 0.25) is 0 Å². The predicted molar refractivity (Wildman–Crippen MR) is 71.5 cm³/mol. The summed E-state index contributed by atoms with van der Waals surface area (Å²) in [5.41, 5.74) is 1.21. The van der Waals surface area contributed by atoms with Crippen molar-refractivity contribution in [1.29, 1.82) is 0 Å². The van der Waals surface area contributed by atoms with Crippen LogP contribution in [-0.2, 0) is 4.79 Å². The van der Waals surface area contributed by atoms with Gasteiger partial charge in [-0.05, 0) is 38.1 Å². The molecule has 0 aromatic heterocycles. The number of carbonyl (C=O) groups is 1. The highest BCUT2D eigenvalue weighted by Crippen LogP contribution is 2.26. The molecule has 0 radical (unpaired) electrons. The van der Waals surface area contributed by atoms with Crippen molar-refractivity contribution >= 4 is 17.7 Å². The smallest absolute Gasteiger partial charge is 0.316 e. The molecule has 1 rings (SSSR count). The van der Waals surface area contributed by atoms with Crippen molar-refractivity contribution in [2.24, 2.45) is 0 Å². The van der Waals surface area contributed by atoms with Crippen LogP contribution in [0.15, 0.2) is 29.2 Å². The number of benzene rings is 1. The zero-order chi connectivity index (χ0) is 12.8. The molecule has 0 aliphatic heterocycles. The summed E-state index contributed by atoms with van der Waals surface area (Å²) in [5, 5.41) is 11.8. The average molecular weight is 253 g/mol. The Morgan fingerprint density at radius 2 is 2.00 bits per heavy atom. The van der Waals surface area contributed by atoms with Crippen LogP contribution in [0.2, 0.25) is 0 Å². The van der Waals surface area contributed by atoms with Crippen molar-refractivity contribution in [1.82, 2.24) is 5.32 Å². The van der Waals surface area contributed by atoms with E-state index in [0.29, 0.717) is 12.5 Å². The maximum absolute atomic E-state index is 10.9. The Kier molecular flexibility index (Phi) is 5.51. The molecule has 2 atom stereocenters. The molecule has 0 saturated carbocycles. The number of carboxylic acid groups (broad SMARTS) is 1. The van der Waals surface area contributed by atoms with Crippen molar-refractivity contribution in [3.05, 3.63) is 29.8 Å². The van der Waals surface area contributed by atoms with Gasteiger partial charge in [-0.3, -0.25) is 4.79 Å². The lowest BCUT2D eigenvalue weighted by molar-refractivity contribution is -0.136. The Bertz CT molecular complexity index is 364. The molecule has 0 aliphatic carbocycles. The second-order valence-corrected chi connectivity index (χ2v) is 5.21. The van der Waals surface area contributed by atoms with Gasteiger partial charge in [-0.25, -0.2) is 0 Å². The van der Waals surface area contributed by atoms with E-state index in [1.807, 2.05) is 38.2 Å². The van der Waals surface area contributed by atoms with Crippen molar-refractivity contribution in [2.75, 3.05) is 7.05 Å². The molecular formula is C13H19NO2S. The lowest BCUT2D eigenvalue weighted by atomic mass is 10.1. The third-order valence-electron chi connectivity index (χ3n) is 2.74. The summed E-state index contributed by atoms with van der Waals surface area (Å²) in [7, 11) is 1.92. The number of hydrogen-bond donors (Lipinski definition) is 2. The minimum Gasteiger partial charge on any atom is -0.480 e. The van der Waals surface area contributed by atoms with Gasteiger partial charge >= 0.3 is 5.97 Å². The molecular weight excluding hydrogens is 234 g/mol. The summed E-state index contributed by atoms with van der Waals surface area (Å²) in [6, 6.07) is 8.37. The van der Waals surface area contributed by atoms with Crippen LogP contribution in [0.3, 0.4) is 0 Å². The van der Waals surface area contributed by atoms with Gasteiger partial charge in [0, 0.05) is 10.9 Å². The van der Waals surface area contributed by atoms with Crippen LogP contribution in [0.1, 0.15) is 31.9 Å². The van der Waals surface area contributed by atoms with Crippen LogP contribution in [-0.4, -0.2) is 23.4 Å². The lowest BCUT2D eigenvalue weighted by Gasteiger charge is -2.12. The number of carboxylic acids is 1. The van der Waals surface area contributed by atoms with Gasteiger partial charge in [0.15, 0.2) is 0 Å². The summed E-state index contributed by atoms with van der Waals surface area (Å²) >= 11 is 1.40. The quantitative estimate of drug-likeness (QED) is 0.765. The van der Waals surface area contributed by atoms with Crippen molar-refractivity contribution in [3.63, 3.8) is 0 Å². The summed E-state index contributed by atoms with van der Waals surface area (Å²) in [4.78, 5) is 11.9. The molecule has 17 heavy (non-hydrogen) atoms. The topological polar surface area (TPSA) is 49.3 Å². The van der Waals surface area contributed by atoms with Crippen molar-refractivity contribution in [3.8, 4) is 0 Å². The SMILES string of the molecule is CCC(Sc1ccc(C(C)NC)cc1)C(=O)O. The van der Waals surface area contributed by atoms with Crippen LogP contribution in [0.5, 0.6) is 0 Å². The van der Waals surface area contributed by atoms with E-state index in [0.717, 1.165) is 4.90 Å². The summed E-state index contributed by atoms with van der Waals surface area (Å²) in [6.45, 7) is 3.98. The summed E-state index contributed by atoms with van der Waals surface area (Å²) < 4.78 is 0. The molecule has 0 fully saturated rings. The molecule has 0 aliphatic rings. The van der Waals surface area contributed by atoms with Crippen LogP contribution in [0.25, 0.3) is 0 Å². The monoisotopic (exact) mass is 253 g/mol.